The van der Waals surface area contributed by atoms with Gasteiger partial charge >= 0.3 is 0 Å². The van der Waals surface area contributed by atoms with E-state index >= 15 is 0 Å². The number of benzene rings is 2. The molecule has 0 aromatic heterocycles. The number of nitrogens with zero attached hydrogens (tertiary/aromatic N) is 2. The van der Waals surface area contributed by atoms with Crippen LogP contribution in [0.2, 0.25) is 0 Å². The maximum atomic E-state index is 13.4. The SMILES string of the molecule is CCCOc1ccc(C2=C(N(CC)Cc3ccccc3)C(=O)N(CCCOC)C2=O)cc1. The zero-order valence-electron chi connectivity index (χ0n) is 19.2. The number of imide groups is 1. The minimum atomic E-state index is -0.255. The number of hydrogen-bond acceptors (Lipinski definition) is 5. The molecule has 170 valence electrons. The van der Waals surface area contributed by atoms with Crippen LogP contribution in [0.25, 0.3) is 5.57 Å². The lowest BCUT2D eigenvalue weighted by Gasteiger charge is -2.25. The molecule has 0 radical (unpaired) electrons. The molecule has 0 bridgehead atoms. The molecule has 3 rings (SSSR count). The fourth-order valence-electron chi connectivity index (χ4n) is 3.78. The van der Waals surface area contributed by atoms with E-state index in [-0.39, 0.29) is 11.8 Å². The van der Waals surface area contributed by atoms with Crippen LogP contribution in [-0.2, 0) is 20.9 Å². The molecule has 1 aliphatic heterocycles. The molecule has 2 aromatic carbocycles. The summed E-state index contributed by atoms with van der Waals surface area (Å²) in [6.45, 7) is 6.68. The third-order valence-corrected chi connectivity index (χ3v) is 5.40. The molecule has 0 unspecified atom stereocenters. The van der Waals surface area contributed by atoms with E-state index in [1.54, 1.807) is 7.11 Å². The maximum absolute atomic E-state index is 13.4. The molecule has 0 spiro atoms. The van der Waals surface area contributed by atoms with Crippen LogP contribution in [-0.4, -0.2) is 55.0 Å². The van der Waals surface area contributed by atoms with Gasteiger partial charge in [-0.25, -0.2) is 0 Å². The van der Waals surface area contributed by atoms with Crippen LogP contribution < -0.4 is 4.74 Å². The molecule has 6 heteroatoms. The zero-order chi connectivity index (χ0) is 22.9. The minimum absolute atomic E-state index is 0.245. The molecule has 0 N–H and O–H groups in total. The van der Waals surface area contributed by atoms with Gasteiger partial charge in [-0.1, -0.05) is 49.4 Å². The highest BCUT2D eigenvalue weighted by atomic mass is 16.5. The molecule has 0 aliphatic carbocycles. The summed E-state index contributed by atoms with van der Waals surface area (Å²) in [7, 11) is 1.61. The van der Waals surface area contributed by atoms with Gasteiger partial charge in [0.2, 0.25) is 0 Å². The minimum Gasteiger partial charge on any atom is -0.494 e. The highest BCUT2D eigenvalue weighted by Gasteiger charge is 2.40. The van der Waals surface area contributed by atoms with Gasteiger partial charge in [-0.15, -0.1) is 0 Å². The van der Waals surface area contributed by atoms with Crippen molar-refractivity contribution in [2.24, 2.45) is 0 Å². The van der Waals surface area contributed by atoms with Crippen molar-refractivity contribution >= 4 is 17.4 Å². The Morgan fingerprint density at radius 2 is 1.62 bits per heavy atom. The molecule has 2 aromatic rings. The summed E-state index contributed by atoms with van der Waals surface area (Å²) in [6.07, 6.45) is 1.52. The van der Waals surface area contributed by atoms with Crippen LogP contribution in [0, 0.1) is 0 Å². The van der Waals surface area contributed by atoms with E-state index in [9.17, 15) is 9.59 Å². The van der Waals surface area contributed by atoms with Crippen LogP contribution in [0.4, 0.5) is 0 Å². The quantitative estimate of drug-likeness (QED) is 0.370. The average molecular weight is 437 g/mol. The van der Waals surface area contributed by atoms with Crippen LogP contribution in [0.3, 0.4) is 0 Å². The second-order valence-electron chi connectivity index (χ2n) is 7.70. The Morgan fingerprint density at radius 1 is 0.906 bits per heavy atom. The molecule has 32 heavy (non-hydrogen) atoms. The molecule has 0 atom stereocenters. The largest absolute Gasteiger partial charge is 0.494 e. The zero-order valence-corrected chi connectivity index (χ0v) is 19.2. The highest BCUT2D eigenvalue weighted by Crippen LogP contribution is 2.33. The van der Waals surface area contributed by atoms with E-state index < -0.39 is 0 Å². The number of likely N-dealkylation sites (N-methyl/N-ethyl adjacent to an activating group) is 1. The molecule has 0 saturated heterocycles. The van der Waals surface area contributed by atoms with Crippen molar-refractivity contribution in [1.29, 1.82) is 0 Å². The third kappa shape index (κ3) is 5.37. The van der Waals surface area contributed by atoms with E-state index in [1.165, 1.54) is 4.90 Å². The number of amides is 2. The lowest BCUT2D eigenvalue weighted by Crippen LogP contribution is -2.36. The normalized spacial score (nSPS) is 13.8. The van der Waals surface area contributed by atoms with Crippen LogP contribution in [0.5, 0.6) is 5.75 Å². The average Bonchev–Trinajstić information content (AvgIpc) is 3.07. The van der Waals surface area contributed by atoms with Crippen molar-refractivity contribution in [2.75, 3.05) is 33.4 Å². The highest BCUT2D eigenvalue weighted by molar-refractivity contribution is 6.35. The fraction of sp³-hybridized carbons (Fsp3) is 0.385. The first kappa shape index (κ1) is 23.5. The Hall–Kier alpha value is -3.12. The molecule has 1 heterocycles. The van der Waals surface area contributed by atoms with Gasteiger partial charge in [0.1, 0.15) is 11.4 Å². The first-order chi connectivity index (χ1) is 15.6. The Kier molecular flexibility index (Phi) is 8.45. The predicted octanol–water partition coefficient (Wildman–Crippen LogP) is 4.11. The summed E-state index contributed by atoms with van der Waals surface area (Å²) in [5.74, 6) is 0.253. The van der Waals surface area contributed by atoms with Crippen molar-refractivity contribution in [3.05, 3.63) is 71.4 Å². The Morgan fingerprint density at radius 3 is 2.25 bits per heavy atom. The monoisotopic (exact) mass is 436 g/mol. The number of ether oxygens (including phenoxy) is 2. The first-order valence-electron chi connectivity index (χ1n) is 11.2. The van der Waals surface area contributed by atoms with Gasteiger partial charge in [0, 0.05) is 33.4 Å². The number of carbonyl (C=O) groups excluding carboxylic acids is 2. The molecular weight excluding hydrogens is 404 g/mol. The van der Waals surface area contributed by atoms with E-state index in [4.69, 9.17) is 9.47 Å². The summed E-state index contributed by atoms with van der Waals surface area (Å²) in [4.78, 5) is 30.2. The molecular formula is C26H32N2O4. The Balaban J connectivity index is 1.97. The smallest absolute Gasteiger partial charge is 0.277 e. The lowest BCUT2D eigenvalue weighted by atomic mass is 10.0. The third-order valence-electron chi connectivity index (χ3n) is 5.40. The Bertz CT molecular complexity index is 938. The molecule has 0 saturated carbocycles. The van der Waals surface area contributed by atoms with Crippen molar-refractivity contribution in [1.82, 2.24) is 9.80 Å². The summed E-state index contributed by atoms with van der Waals surface area (Å²) in [6, 6.07) is 17.4. The van der Waals surface area contributed by atoms with Gasteiger partial charge in [-0.3, -0.25) is 14.5 Å². The lowest BCUT2D eigenvalue weighted by molar-refractivity contribution is -0.137. The molecule has 2 amide bonds. The van der Waals surface area contributed by atoms with E-state index in [0.29, 0.717) is 50.5 Å². The fourth-order valence-corrected chi connectivity index (χ4v) is 3.78. The standard InChI is InChI=1S/C26H32N2O4/c1-4-17-32-22-14-12-21(13-15-22)23-24(26(30)28(25(23)29)16-9-18-31-3)27(5-2)19-20-10-7-6-8-11-20/h6-8,10-15H,4-5,9,16-19H2,1-3H3. The maximum Gasteiger partial charge on any atom is 0.277 e. The van der Waals surface area contributed by atoms with Gasteiger partial charge in [-0.05, 0) is 43.0 Å². The van der Waals surface area contributed by atoms with Crippen LogP contribution in [0.15, 0.2) is 60.3 Å². The van der Waals surface area contributed by atoms with Gasteiger partial charge in [-0.2, -0.15) is 0 Å². The summed E-state index contributed by atoms with van der Waals surface area (Å²) in [5, 5.41) is 0. The van der Waals surface area contributed by atoms with Crippen molar-refractivity contribution in [3.8, 4) is 5.75 Å². The van der Waals surface area contributed by atoms with Crippen molar-refractivity contribution in [3.63, 3.8) is 0 Å². The first-order valence-corrected chi connectivity index (χ1v) is 11.2. The van der Waals surface area contributed by atoms with Crippen molar-refractivity contribution in [2.45, 2.75) is 33.2 Å². The van der Waals surface area contributed by atoms with E-state index in [1.807, 2.05) is 66.4 Å². The molecule has 0 fully saturated rings. The second kappa shape index (κ2) is 11.5. The number of methoxy groups -OCH3 is 1. The summed E-state index contributed by atoms with van der Waals surface area (Å²) in [5.41, 5.74) is 2.72. The van der Waals surface area contributed by atoms with Crippen LogP contribution in [0.1, 0.15) is 37.8 Å². The van der Waals surface area contributed by atoms with E-state index in [0.717, 1.165) is 23.3 Å². The number of hydrogen-bond donors (Lipinski definition) is 0. The Labute approximate surface area is 190 Å². The van der Waals surface area contributed by atoms with Gasteiger partial charge in [0.25, 0.3) is 11.8 Å². The van der Waals surface area contributed by atoms with Gasteiger partial charge in [0.15, 0.2) is 0 Å². The summed E-state index contributed by atoms with van der Waals surface area (Å²) >= 11 is 0. The van der Waals surface area contributed by atoms with E-state index in [2.05, 4.69) is 6.92 Å². The topological polar surface area (TPSA) is 59.1 Å². The number of carbonyl (C=O) groups is 2. The summed E-state index contributed by atoms with van der Waals surface area (Å²) < 4.78 is 10.8. The van der Waals surface area contributed by atoms with Gasteiger partial charge < -0.3 is 14.4 Å². The van der Waals surface area contributed by atoms with Crippen molar-refractivity contribution < 1.29 is 19.1 Å². The predicted molar refractivity (Wildman–Crippen MR) is 125 cm³/mol. The van der Waals surface area contributed by atoms with Crippen LogP contribution >= 0.6 is 0 Å². The molecule has 6 nitrogen and oxygen atoms in total. The second-order valence-corrected chi connectivity index (χ2v) is 7.70. The molecule has 1 aliphatic rings. The van der Waals surface area contributed by atoms with Gasteiger partial charge in [0.05, 0.1) is 12.2 Å². The number of rotatable bonds is 12.